The van der Waals surface area contributed by atoms with E-state index in [4.69, 9.17) is 17.3 Å². The lowest BCUT2D eigenvalue weighted by atomic mass is 10.3. The lowest BCUT2D eigenvalue weighted by Gasteiger charge is -2.04. The third-order valence-electron chi connectivity index (χ3n) is 2.10. The number of hydrogen-bond acceptors (Lipinski definition) is 3. The number of hydrogen-bond donors (Lipinski definition) is 1. The Morgan fingerprint density at radius 3 is 2.62 bits per heavy atom. The summed E-state index contributed by atoms with van der Waals surface area (Å²) in [5.41, 5.74) is 7.56. The average Bonchev–Trinajstić information content (AvgIpc) is 2.29. The lowest BCUT2D eigenvalue weighted by Crippen LogP contribution is -1.85. The Labute approximate surface area is 104 Å². The summed E-state index contributed by atoms with van der Waals surface area (Å²) in [6, 6.07) is 9.58. The number of nitrogens with zero attached hydrogens (tertiary/aromatic N) is 1. The number of anilines is 1. The second kappa shape index (κ2) is 5.23. The van der Waals surface area contributed by atoms with Crippen LogP contribution < -0.4 is 5.73 Å². The van der Waals surface area contributed by atoms with E-state index in [-0.39, 0.29) is 0 Å². The van der Waals surface area contributed by atoms with E-state index in [1.807, 2.05) is 24.3 Å². The molecule has 0 unspecified atom stereocenters. The van der Waals surface area contributed by atoms with Crippen molar-refractivity contribution in [1.82, 2.24) is 4.98 Å². The van der Waals surface area contributed by atoms with E-state index in [2.05, 4.69) is 4.98 Å². The van der Waals surface area contributed by atoms with E-state index < -0.39 is 0 Å². The zero-order valence-electron chi connectivity index (χ0n) is 8.56. The van der Waals surface area contributed by atoms with Crippen LogP contribution >= 0.6 is 23.4 Å². The van der Waals surface area contributed by atoms with Crippen LogP contribution in [0.3, 0.4) is 0 Å². The molecule has 0 saturated heterocycles. The molecule has 1 heterocycles. The number of halogens is 1. The molecular weight excluding hydrogens is 240 g/mol. The molecule has 0 radical (unpaired) electrons. The number of pyridine rings is 1. The van der Waals surface area contributed by atoms with Crippen LogP contribution in [0, 0.1) is 0 Å². The van der Waals surface area contributed by atoms with Gasteiger partial charge in [0, 0.05) is 28.7 Å². The zero-order chi connectivity index (χ0) is 11.4. The summed E-state index contributed by atoms with van der Waals surface area (Å²) in [5.74, 6) is 0.881. The van der Waals surface area contributed by atoms with E-state index >= 15 is 0 Å². The Balaban J connectivity index is 2.05. The summed E-state index contributed by atoms with van der Waals surface area (Å²) >= 11 is 7.78. The average molecular weight is 251 g/mol. The maximum Gasteiger partial charge on any atom is 0.0562 e. The van der Waals surface area contributed by atoms with E-state index in [0.717, 1.165) is 10.6 Å². The smallest absolute Gasteiger partial charge is 0.0562 e. The van der Waals surface area contributed by atoms with Crippen LogP contribution in [-0.2, 0) is 5.75 Å². The Morgan fingerprint density at radius 1 is 1.19 bits per heavy atom. The van der Waals surface area contributed by atoms with Gasteiger partial charge in [-0.15, -0.1) is 11.8 Å². The normalized spacial score (nSPS) is 10.3. The Kier molecular flexibility index (Phi) is 3.70. The second-order valence-corrected chi connectivity index (χ2v) is 4.76. The number of rotatable bonds is 3. The molecule has 1 aromatic heterocycles. The molecule has 0 saturated carbocycles. The van der Waals surface area contributed by atoms with Gasteiger partial charge in [0.05, 0.1) is 5.02 Å². The minimum atomic E-state index is 0.693. The summed E-state index contributed by atoms with van der Waals surface area (Å²) in [5, 5.41) is 0.707. The highest BCUT2D eigenvalue weighted by Crippen LogP contribution is 2.30. The molecule has 4 heteroatoms. The van der Waals surface area contributed by atoms with Gasteiger partial charge < -0.3 is 5.73 Å². The van der Waals surface area contributed by atoms with Crippen LogP contribution in [0.2, 0.25) is 5.02 Å². The van der Waals surface area contributed by atoms with Gasteiger partial charge in [0.25, 0.3) is 0 Å². The summed E-state index contributed by atoms with van der Waals surface area (Å²) in [4.78, 5) is 5.03. The molecule has 0 aliphatic rings. The molecule has 2 N–H and O–H groups in total. The van der Waals surface area contributed by atoms with Gasteiger partial charge in [-0.1, -0.05) is 11.6 Å². The Bertz CT molecular complexity index is 474. The predicted molar refractivity (Wildman–Crippen MR) is 69.7 cm³/mol. The van der Waals surface area contributed by atoms with Gasteiger partial charge >= 0.3 is 0 Å². The van der Waals surface area contributed by atoms with Gasteiger partial charge in [-0.25, -0.2) is 0 Å². The van der Waals surface area contributed by atoms with Gasteiger partial charge in [0.2, 0.25) is 0 Å². The lowest BCUT2D eigenvalue weighted by molar-refractivity contribution is 1.27. The first-order chi connectivity index (χ1) is 7.75. The van der Waals surface area contributed by atoms with Crippen molar-refractivity contribution in [2.24, 2.45) is 0 Å². The standard InChI is InChI=1S/C12H11ClN2S/c13-11-7-10(14)1-2-12(11)16-8-9-3-5-15-6-4-9/h1-7H,8,14H2. The Morgan fingerprint density at radius 2 is 1.94 bits per heavy atom. The third-order valence-corrected chi connectivity index (χ3v) is 3.67. The van der Waals surface area contributed by atoms with Crippen LogP contribution in [0.25, 0.3) is 0 Å². The van der Waals surface area contributed by atoms with Gasteiger partial charge in [-0.2, -0.15) is 0 Å². The number of nitrogen functional groups attached to an aromatic ring is 1. The third kappa shape index (κ3) is 2.90. The molecule has 0 bridgehead atoms. The van der Waals surface area contributed by atoms with Crippen molar-refractivity contribution in [2.45, 2.75) is 10.6 Å². The highest BCUT2D eigenvalue weighted by Gasteiger charge is 2.01. The van der Waals surface area contributed by atoms with Crippen LogP contribution in [0.4, 0.5) is 5.69 Å². The fourth-order valence-electron chi connectivity index (χ4n) is 1.27. The molecule has 0 fully saturated rings. The molecule has 16 heavy (non-hydrogen) atoms. The summed E-state index contributed by atoms with van der Waals surface area (Å²) in [6.07, 6.45) is 3.58. The fourth-order valence-corrected chi connectivity index (χ4v) is 2.50. The molecule has 2 nitrogen and oxygen atoms in total. The maximum absolute atomic E-state index is 6.08. The second-order valence-electron chi connectivity index (χ2n) is 3.33. The minimum Gasteiger partial charge on any atom is -0.399 e. The molecule has 0 spiro atoms. The SMILES string of the molecule is Nc1ccc(SCc2ccncc2)c(Cl)c1. The van der Waals surface area contributed by atoms with Crippen molar-refractivity contribution in [2.75, 3.05) is 5.73 Å². The van der Waals surface area contributed by atoms with Gasteiger partial charge in [-0.3, -0.25) is 4.98 Å². The van der Waals surface area contributed by atoms with Crippen molar-refractivity contribution in [3.63, 3.8) is 0 Å². The molecule has 0 amide bonds. The van der Waals surface area contributed by atoms with Crippen molar-refractivity contribution >= 4 is 29.1 Å². The van der Waals surface area contributed by atoms with E-state index in [1.165, 1.54) is 5.56 Å². The largest absolute Gasteiger partial charge is 0.399 e. The molecule has 1 aromatic carbocycles. The zero-order valence-corrected chi connectivity index (χ0v) is 10.1. The number of aromatic nitrogens is 1. The van der Waals surface area contributed by atoms with Crippen molar-refractivity contribution in [3.05, 3.63) is 53.3 Å². The summed E-state index contributed by atoms with van der Waals surface area (Å²) in [6.45, 7) is 0. The minimum absolute atomic E-state index is 0.693. The Hall–Kier alpha value is -1.19. The van der Waals surface area contributed by atoms with Crippen LogP contribution in [0.15, 0.2) is 47.6 Å². The van der Waals surface area contributed by atoms with E-state index in [0.29, 0.717) is 10.7 Å². The summed E-state index contributed by atoms with van der Waals surface area (Å²) in [7, 11) is 0. The fraction of sp³-hybridized carbons (Fsp3) is 0.0833. The maximum atomic E-state index is 6.08. The molecule has 2 rings (SSSR count). The van der Waals surface area contributed by atoms with Crippen molar-refractivity contribution in [3.8, 4) is 0 Å². The molecule has 0 aliphatic heterocycles. The highest BCUT2D eigenvalue weighted by molar-refractivity contribution is 7.98. The summed E-state index contributed by atoms with van der Waals surface area (Å²) < 4.78 is 0. The van der Waals surface area contributed by atoms with E-state index in [9.17, 15) is 0 Å². The monoisotopic (exact) mass is 250 g/mol. The molecular formula is C12H11ClN2S. The molecule has 0 aliphatic carbocycles. The topological polar surface area (TPSA) is 38.9 Å². The predicted octanol–water partition coefficient (Wildman–Crippen LogP) is 3.61. The first-order valence-electron chi connectivity index (χ1n) is 4.82. The highest BCUT2D eigenvalue weighted by atomic mass is 35.5. The quantitative estimate of drug-likeness (QED) is 0.668. The molecule has 2 aromatic rings. The van der Waals surface area contributed by atoms with E-state index in [1.54, 1.807) is 30.2 Å². The van der Waals surface area contributed by atoms with Gasteiger partial charge in [-0.05, 0) is 35.9 Å². The van der Waals surface area contributed by atoms with Crippen LogP contribution in [0.5, 0.6) is 0 Å². The number of benzene rings is 1. The first kappa shape index (κ1) is 11.3. The molecule has 82 valence electrons. The van der Waals surface area contributed by atoms with Gasteiger partial charge in [0.1, 0.15) is 0 Å². The number of nitrogens with two attached hydrogens (primary N) is 1. The van der Waals surface area contributed by atoms with Crippen LogP contribution in [0.1, 0.15) is 5.56 Å². The van der Waals surface area contributed by atoms with Crippen LogP contribution in [-0.4, -0.2) is 4.98 Å². The van der Waals surface area contributed by atoms with Gasteiger partial charge in [0.15, 0.2) is 0 Å². The van der Waals surface area contributed by atoms with Crippen molar-refractivity contribution in [1.29, 1.82) is 0 Å². The molecule has 0 atom stereocenters. The number of thioether (sulfide) groups is 1. The first-order valence-corrected chi connectivity index (χ1v) is 6.19. The van der Waals surface area contributed by atoms with Crippen molar-refractivity contribution < 1.29 is 0 Å².